The molecule has 0 atom stereocenters. The van der Waals surface area contributed by atoms with E-state index in [1.165, 1.54) is 21.8 Å². The molecule has 0 bridgehead atoms. The quantitative estimate of drug-likeness (QED) is 0.735. The third kappa shape index (κ3) is 1.72. The Morgan fingerprint density at radius 3 is 2.67 bits per heavy atom. The van der Waals surface area contributed by atoms with Crippen LogP contribution in [0.4, 0.5) is 0 Å². The average Bonchev–Trinajstić information content (AvgIpc) is 2.91. The Balaban J connectivity index is 1.97. The first kappa shape index (κ1) is 11.1. The summed E-state index contributed by atoms with van der Waals surface area (Å²) in [5, 5.41) is 1.76. The van der Waals surface area contributed by atoms with Crippen LogP contribution >= 0.6 is 11.3 Å². The van der Waals surface area contributed by atoms with Gasteiger partial charge in [0.2, 0.25) is 11.8 Å². The highest BCUT2D eigenvalue weighted by Gasteiger charge is 2.29. The number of thiazole rings is 1. The normalized spacial score (nSPS) is 15.9. The summed E-state index contributed by atoms with van der Waals surface area (Å²) < 4.78 is 1.43. The van der Waals surface area contributed by atoms with E-state index in [4.69, 9.17) is 0 Å². The van der Waals surface area contributed by atoms with Gasteiger partial charge in [0.05, 0.1) is 12.2 Å². The van der Waals surface area contributed by atoms with E-state index in [2.05, 4.69) is 4.98 Å². The summed E-state index contributed by atoms with van der Waals surface area (Å²) in [5.41, 5.74) is 0.251. The lowest BCUT2D eigenvalue weighted by Gasteiger charge is -2.12. The molecule has 0 spiro atoms. The number of carbonyl (C=O) groups is 2. The predicted octanol–water partition coefficient (Wildman–Crippen LogP) is 0.405. The van der Waals surface area contributed by atoms with Crippen molar-refractivity contribution in [2.75, 3.05) is 0 Å². The van der Waals surface area contributed by atoms with E-state index >= 15 is 0 Å². The molecule has 0 N–H and O–H groups in total. The van der Waals surface area contributed by atoms with Crippen molar-refractivity contribution in [3.05, 3.63) is 33.7 Å². The summed E-state index contributed by atoms with van der Waals surface area (Å²) in [7, 11) is 0. The number of aromatic nitrogens is 2. The highest BCUT2D eigenvalue weighted by molar-refractivity contribution is 7.15. The molecule has 1 aliphatic rings. The van der Waals surface area contributed by atoms with Crippen molar-refractivity contribution in [1.82, 2.24) is 14.3 Å². The number of nitrogens with zero attached hydrogens (tertiary/aromatic N) is 3. The SMILES string of the molecule is O=C1CCC(=O)N1Cc1cc(=O)n2ccsc2n1. The molecule has 2 aromatic heterocycles. The summed E-state index contributed by atoms with van der Waals surface area (Å²) in [6.45, 7) is 0.0846. The van der Waals surface area contributed by atoms with E-state index in [1.54, 1.807) is 11.6 Å². The predicted molar refractivity (Wildman–Crippen MR) is 64.1 cm³/mol. The second-order valence-corrected chi connectivity index (χ2v) is 4.89. The van der Waals surface area contributed by atoms with Crippen molar-refractivity contribution < 1.29 is 9.59 Å². The van der Waals surface area contributed by atoms with Crippen molar-refractivity contribution in [1.29, 1.82) is 0 Å². The van der Waals surface area contributed by atoms with Crippen molar-refractivity contribution in [2.24, 2.45) is 0 Å². The highest BCUT2D eigenvalue weighted by Crippen LogP contribution is 2.15. The topological polar surface area (TPSA) is 71.8 Å². The van der Waals surface area contributed by atoms with Crippen LogP contribution in [0.1, 0.15) is 18.5 Å². The molecule has 0 radical (unpaired) electrons. The van der Waals surface area contributed by atoms with E-state index < -0.39 is 0 Å². The van der Waals surface area contributed by atoms with Gasteiger partial charge in [-0.3, -0.25) is 23.7 Å². The summed E-state index contributed by atoms with van der Waals surface area (Å²) in [6.07, 6.45) is 2.14. The molecule has 0 aliphatic carbocycles. The molecular weight excluding hydrogens is 254 g/mol. The number of rotatable bonds is 2. The molecule has 3 heterocycles. The third-order valence-corrected chi connectivity index (χ3v) is 3.59. The van der Waals surface area contributed by atoms with Gasteiger partial charge in [0.1, 0.15) is 0 Å². The summed E-state index contributed by atoms with van der Waals surface area (Å²) >= 11 is 1.34. The molecule has 1 aliphatic heterocycles. The number of hydrogen-bond donors (Lipinski definition) is 0. The Morgan fingerprint density at radius 1 is 1.22 bits per heavy atom. The fourth-order valence-corrected chi connectivity index (χ4v) is 2.67. The lowest BCUT2D eigenvalue weighted by molar-refractivity contribution is -0.139. The lowest BCUT2D eigenvalue weighted by Crippen LogP contribution is -2.29. The van der Waals surface area contributed by atoms with Gasteiger partial charge in [-0.2, -0.15) is 0 Å². The summed E-state index contributed by atoms with van der Waals surface area (Å²) in [5.74, 6) is -0.402. The van der Waals surface area contributed by atoms with E-state index in [9.17, 15) is 14.4 Å². The standard InChI is InChI=1S/C11H9N3O3S/c15-8-1-2-9(16)14(8)6-7-5-10(17)13-3-4-18-11(13)12-7/h3-5H,1-2,6H2. The minimum Gasteiger partial charge on any atom is -0.277 e. The van der Waals surface area contributed by atoms with E-state index in [0.29, 0.717) is 10.7 Å². The third-order valence-electron chi connectivity index (χ3n) is 2.83. The van der Waals surface area contributed by atoms with Crippen LogP contribution in [-0.2, 0) is 16.1 Å². The molecule has 18 heavy (non-hydrogen) atoms. The monoisotopic (exact) mass is 263 g/mol. The van der Waals surface area contributed by atoms with Crippen LogP contribution < -0.4 is 5.56 Å². The summed E-state index contributed by atoms with van der Waals surface area (Å²) in [6, 6.07) is 1.36. The van der Waals surface area contributed by atoms with Crippen molar-refractivity contribution >= 4 is 28.1 Å². The van der Waals surface area contributed by atoms with Crippen molar-refractivity contribution in [3.63, 3.8) is 0 Å². The van der Waals surface area contributed by atoms with Crippen LogP contribution in [0.3, 0.4) is 0 Å². The maximum absolute atomic E-state index is 11.7. The Morgan fingerprint density at radius 2 is 1.94 bits per heavy atom. The van der Waals surface area contributed by atoms with Gasteiger partial charge in [-0.15, -0.1) is 11.3 Å². The van der Waals surface area contributed by atoms with Crippen LogP contribution in [0.15, 0.2) is 22.4 Å². The largest absolute Gasteiger partial charge is 0.277 e. The molecule has 2 aromatic rings. The Labute approximate surface area is 105 Å². The van der Waals surface area contributed by atoms with Gasteiger partial charge in [0.15, 0.2) is 4.96 Å². The van der Waals surface area contributed by atoms with Crippen LogP contribution in [0, 0.1) is 0 Å². The molecule has 0 saturated carbocycles. The molecule has 1 fully saturated rings. The van der Waals surface area contributed by atoms with Gasteiger partial charge < -0.3 is 0 Å². The van der Waals surface area contributed by atoms with Crippen LogP contribution in [0.5, 0.6) is 0 Å². The molecule has 3 rings (SSSR count). The zero-order chi connectivity index (χ0) is 12.7. The molecule has 1 saturated heterocycles. The van der Waals surface area contributed by atoms with Crippen molar-refractivity contribution in [3.8, 4) is 0 Å². The molecule has 92 valence electrons. The van der Waals surface area contributed by atoms with E-state index in [1.807, 2.05) is 0 Å². The van der Waals surface area contributed by atoms with Gasteiger partial charge in [-0.25, -0.2) is 4.98 Å². The Kier molecular flexibility index (Phi) is 2.48. The second-order valence-electron chi connectivity index (χ2n) is 4.01. The van der Waals surface area contributed by atoms with Crippen LogP contribution in [-0.4, -0.2) is 26.1 Å². The Bertz CT molecular complexity index is 687. The molecule has 2 amide bonds. The number of carbonyl (C=O) groups excluding carboxylic acids is 2. The smallest absolute Gasteiger partial charge is 0.258 e. The average molecular weight is 263 g/mol. The zero-order valence-corrected chi connectivity index (χ0v) is 10.1. The highest BCUT2D eigenvalue weighted by atomic mass is 32.1. The lowest BCUT2D eigenvalue weighted by atomic mass is 10.3. The molecule has 0 aromatic carbocycles. The number of amides is 2. The van der Waals surface area contributed by atoms with Gasteiger partial charge in [0.25, 0.3) is 5.56 Å². The molecule has 7 heteroatoms. The van der Waals surface area contributed by atoms with Crippen molar-refractivity contribution in [2.45, 2.75) is 19.4 Å². The fourth-order valence-electron chi connectivity index (χ4n) is 1.93. The van der Waals surface area contributed by atoms with E-state index in [-0.39, 0.29) is 36.8 Å². The fraction of sp³-hybridized carbons (Fsp3) is 0.273. The van der Waals surface area contributed by atoms with Gasteiger partial charge in [-0.1, -0.05) is 0 Å². The van der Waals surface area contributed by atoms with Gasteiger partial charge in [0, 0.05) is 30.5 Å². The Hall–Kier alpha value is -2.02. The molecular formula is C11H9N3O3S. The second kappa shape index (κ2) is 4.02. The van der Waals surface area contributed by atoms with Crippen LogP contribution in [0.2, 0.25) is 0 Å². The first-order chi connectivity index (χ1) is 8.65. The summed E-state index contributed by atoms with van der Waals surface area (Å²) in [4.78, 5) is 40.7. The number of hydrogen-bond acceptors (Lipinski definition) is 5. The maximum atomic E-state index is 11.7. The number of fused-ring (bicyclic) bond motifs is 1. The molecule has 0 unspecified atom stereocenters. The number of likely N-dealkylation sites (tertiary alicyclic amines) is 1. The van der Waals surface area contributed by atoms with Gasteiger partial charge in [-0.05, 0) is 0 Å². The minimum absolute atomic E-state index is 0.0846. The minimum atomic E-state index is -0.201. The first-order valence-corrected chi connectivity index (χ1v) is 6.32. The van der Waals surface area contributed by atoms with E-state index in [0.717, 1.165) is 4.90 Å². The number of imide groups is 1. The van der Waals surface area contributed by atoms with Crippen LogP contribution in [0.25, 0.3) is 4.96 Å². The maximum Gasteiger partial charge on any atom is 0.258 e. The first-order valence-electron chi connectivity index (χ1n) is 5.44. The van der Waals surface area contributed by atoms with Gasteiger partial charge >= 0.3 is 0 Å². The zero-order valence-electron chi connectivity index (χ0n) is 9.33. The molecule has 6 nitrogen and oxygen atoms in total.